The molecule has 0 atom stereocenters. The maximum absolute atomic E-state index is 11.3. The van der Waals surface area contributed by atoms with E-state index in [4.69, 9.17) is 17.3 Å². The summed E-state index contributed by atoms with van der Waals surface area (Å²) in [5, 5.41) is 5.15. The van der Waals surface area contributed by atoms with Crippen LogP contribution >= 0.6 is 23.3 Å². The number of nitrogens with one attached hydrogen (secondary N) is 2. The van der Waals surface area contributed by atoms with Gasteiger partial charge in [0.1, 0.15) is 11.0 Å². The molecule has 0 saturated heterocycles. The van der Waals surface area contributed by atoms with Gasteiger partial charge in [0.2, 0.25) is 5.91 Å². The second-order valence-corrected chi connectivity index (χ2v) is 4.26. The number of nitrogens with zero attached hydrogens (tertiary/aromatic N) is 2. The van der Waals surface area contributed by atoms with Crippen molar-refractivity contribution in [2.24, 2.45) is 5.73 Å². The zero-order chi connectivity index (χ0) is 13.1. The molecule has 1 heterocycles. The predicted octanol–water partition coefficient (Wildman–Crippen LogP) is 0.951. The van der Waals surface area contributed by atoms with E-state index in [0.717, 1.165) is 11.7 Å². The van der Waals surface area contributed by atoms with Crippen molar-refractivity contribution in [3.63, 3.8) is 0 Å². The van der Waals surface area contributed by atoms with Gasteiger partial charge in [0, 0.05) is 0 Å². The molecular weight excluding hydrogens is 278 g/mol. The molecule has 0 radical (unpaired) electrons. The molecule has 2 rings (SSSR count). The maximum Gasteiger partial charge on any atom is 0.318 e. The molecule has 0 aliphatic carbocycles. The topological polar surface area (TPSA) is 110 Å². The molecule has 4 N–H and O–H groups in total. The smallest absolute Gasteiger partial charge is 0.318 e. The number of amides is 3. The first-order chi connectivity index (χ1) is 8.58. The molecule has 9 heteroatoms. The van der Waals surface area contributed by atoms with Crippen LogP contribution in [0.2, 0.25) is 5.02 Å². The van der Waals surface area contributed by atoms with Gasteiger partial charge in [-0.05, 0) is 12.1 Å². The Morgan fingerprint density at radius 2 is 2.17 bits per heavy atom. The Morgan fingerprint density at radius 3 is 2.89 bits per heavy atom. The Kier molecular flexibility index (Phi) is 3.58. The third-order valence-corrected chi connectivity index (χ3v) is 2.92. The highest BCUT2D eigenvalue weighted by Gasteiger charge is 2.11. The number of fused-ring (bicyclic) bond motifs is 1. The summed E-state index contributed by atoms with van der Waals surface area (Å²) in [4.78, 5) is 21.7. The SMILES string of the molecule is NC(=O)NC(=O)CNc1c(Cl)ccc2nsnc12. The number of primary amides is 1. The molecule has 0 spiro atoms. The Hall–Kier alpha value is -1.93. The lowest BCUT2D eigenvalue weighted by molar-refractivity contribution is -0.118. The van der Waals surface area contributed by atoms with Gasteiger partial charge >= 0.3 is 6.03 Å². The lowest BCUT2D eigenvalue weighted by Gasteiger charge is -2.07. The molecule has 0 aliphatic heterocycles. The monoisotopic (exact) mass is 285 g/mol. The number of halogens is 1. The summed E-state index contributed by atoms with van der Waals surface area (Å²) in [5.74, 6) is -0.557. The molecular formula is C9H8ClN5O2S. The summed E-state index contributed by atoms with van der Waals surface area (Å²) in [7, 11) is 0. The highest BCUT2D eigenvalue weighted by molar-refractivity contribution is 7.00. The molecule has 0 aliphatic rings. The minimum absolute atomic E-state index is 0.140. The van der Waals surface area contributed by atoms with E-state index in [0.29, 0.717) is 21.7 Å². The standard InChI is InChI=1S/C9H8ClN5O2S/c10-4-1-2-5-8(15-18-14-5)7(4)12-3-6(16)13-9(11)17/h1-2,12H,3H2,(H3,11,13,16,17). The Labute approximate surface area is 111 Å². The number of nitrogens with two attached hydrogens (primary N) is 1. The van der Waals surface area contributed by atoms with E-state index in [1.165, 1.54) is 0 Å². The molecule has 0 bridgehead atoms. The number of benzene rings is 1. The van der Waals surface area contributed by atoms with E-state index in [9.17, 15) is 9.59 Å². The summed E-state index contributed by atoms with van der Waals surface area (Å²) >= 11 is 7.05. The fourth-order valence-corrected chi connectivity index (χ4v) is 2.11. The number of carbonyl (C=O) groups is 2. The van der Waals surface area contributed by atoms with Crippen LogP contribution in [-0.2, 0) is 4.79 Å². The number of hydrogen-bond acceptors (Lipinski definition) is 6. The van der Waals surface area contributed by atoms with Gasteiger partial charge in [-0.15, -0.1) is 0 Å². The summed E-state index contributed by atoms with van der Waals surface area (Å²) < 4.78 is 8.13. The van der Waals surface area contributed by atoms with Crippen LogP contribution in [0.3, 0.4) is 0 Å². The molecule has 1 aromatic heterocycles. The van der Waals surface area contributed by atoms with Gasteiger partial charge in [0.05, 0.1) is 29.0 Å². The predicted molar refractivity (Wildman–Crippen MR) is 68.6 cm³/mol. The largest absolute Gasteiger partial charge is 0.373 e. The van der Waals surface area contributed by atoms with Gasteiger partial charge in [-0.3, -0.25) is 10.1 Å². The van der Waals surface area contributed by atoms with Crippen molar-refractivity contribution in [3.8, 4) is 0 Å². The van der Waals surface area contributed by atoms with E-state index in [1.54, 1.807) is 12.1 Å². The van der Waals surface area contributed by atoms with Crippen LogP contribution in [0, 0.1) is 0 Å². The third-order valence-electron chi connectivity index (χ3n) is 2.07. The van der Waals surface area contributed by atoms with Crippen molar-refractivity contribution in [2.45, 2.75) is 0 Å². The lowest BCUT2D eigenvalue weighted by atomic mass is 10.2. The quantitative estimate of drug-likeness (QED) is 0.778. The fraction of sp³-hybridized carbons (Fsp3) is 0.111. The van der Waals surface area contributed by atoms with E-state index in [2.05, 4.69) is 14.1 Å². The zero-order valence-corrected chi connectivity index (χ0v) is 10.5. The number of imide groups is 1. The molecule has 18 heavy (non-hydrogen) atoms. The molecule has 3 amide bonds. The van der Waals surface area contributed by atoms with Crippen LogP contribution < -0.4 is 16.4 Å². The van der Waals surface area contributed by atoms with Crippen molar-refractivity contribution >= 4 is 52.0 Å². The molecule has 7 nitrogen and oxygen atoms in total. The second kappa shape index (κ2) is 5.15. The molecule has 94 valence electrons. The van der Waals surface area contributed by atoms with Crippen molar-refractivity contribution in [2.75, 3.05) is 11.9 Å². The number of carbonyl (C=O) groups excluding carboxylic acids is 2. The van der Waals surface area contributed by atoms with Gasteiger partial charge in [-0.1, -0.05) is 11.6 Å². The first-order valence-corrected chi connectivity index (χ1v) is 5.92. The average molecular weight is 286 g/mol. The van der Waals surface area contributed by atoms with Crippen LogP contribution in [0.1, 0.15) is 0 Å². The first kappa shape index (κ1) is 12.5. The maximum atomic E-state index is 11.3. The average Bonchev–Trinajstić information content (AvgIpc) is 2.74. The zero-order valence-electron chi connectivity index (χ0n) is 8.94. The van der Waals surface area contributed by atoms with Crippen molar-refractivity contribution in [1.82, 2.24) is 14.1 Å². The van der Waals surface area contributed by atoms with Crippen molar-refractivity contribution in [1.29, 1.82) is 0 Å². The third kappa shape index (κ3) is 2.66. The number of anilines is 1. The fourth-order valence-electron chi connectivity index (χ4n) is 1.35. The number of aromatic nitrogens is 2. The van der Waals surface area contributed by atoms with Crippen molar-refractivity contribution < 1.29 is 9.59 Å². The number of rotatable bonds is 3. The van der Waals surface area contributed by atoms with Crippen LogP contribution in [-0.4, -0.2) is 27.2 Å². The molecule has 1 aromatic carbocycles. The van der Waals surface area contributed by atoms with Gasteiger partial charge in [0.15, 0.2) is 0 Å². The van der Waals surface area contributed by atoms with E-state index in [-0.39, 0.29) is 6.54 Å². The molecule has 0 fully saturated rings. The summed E-state index contributed by atoms with van der Waals surface area (Å²) in [6, 6.07) is 2.48. The normalized spacial score (nSPS) is 10.3. The molecule has 0 unspecified atom stereocenters. The highest BCUT2D eigenvalue weighted by Crippen LogP contribution is 2.29. The van der Waals surface area contributed by atoms with Crippen molar-refractivity contribution in [3.05, 3.63) is 17.2 Å². The molecule has 2 aromatic rings. The molecule has 0 saturated carbocycles. The van der Waals surface area contributed by atoms with E-state index < -0.39 is 11.9 Å². The van der Waals surface area contributed by atoms with Crippen LogP contribution in [0.5, 0.6) is 0 Å². The van der Waals surface area contributed by atoms with Crippen LogP contribution in [0.4, 0.5) is 10.5 Å². The van der Waals surface area contributed by atoms with Gasteiger partial charge < -0.3 is 11.1 Å². The summed E-state index contributed by atoms with van der Waals surface area (Å²) in [5.41, 5.74) is 6.59. The minimum Gasteiger partial charge on any atom is -0.373 e. The number of urea groups is 1. The first-order valence-electron chi connectivity index (χ1n) is 4.82. The number of hydrogen-bond donors (Lipinski definition) is 3. The highest BCUT2D eigenvalue weighted by atomic mass is 35.5. The van der Waals surface area contributed by atoms with Crippen LogP contribution in [0.25, 0.3) is 11.0 Å². The Morgan fingerprint density at radius 1 is 1.39 bits per heavy atom. The van der Waals surface area contributed by atoms with Gasteiger partial charge in [-0.2, -0.15) is 8.75 Å². The van der Waals surface area contributed by atoms with Crippen LogP contribution in [0.15, 0.2) is 12.1 Å². The summed E-state index contributed by atoms with van der Waals surface area (Å²) in [6.07, 6.45) is 0. The van der Waals surface area contributed by atoms with Gasteiger partial charge in [-0.25, -0.2) is 4.79 Å². The Balaban J connectivity index is 2.16. The Bertz CT molecular complexity index is 614. The summed E-state index contributed by atoms with van der Waals surface area (Å²) in [6.45, 7) is -0.140. The lowest BCUT2D eigenvalue weighted by Crippen LogP contribution is -2.38. The van der Waals surface area contributed by atoms with Gasteiger partial charge in [0.25, 0.3) is 0 Å². The second-order valence-electron chi connectivity index (χ2n) is 3.32. The minimum atomic E-state index is -0.901. The van der Waals surface area contributed by atoms with E-state index >= 15 is 0 Å². The van der Waals surface area contributed by atoms with E-state index in [1.807, 2.05) is 5.32 Å².